The molecule has 0 aliphatic carbocycles. The fourth-order valence-corrected chi connectivity index (χ4v) is 4.34. The van der Waals surface area contributed by atoms with Gasteiger partial charge in [0.25, 0.3) is 5.56 Å². The number of amides is 1. The molecule has 2 aromatic carbocycles. The Morgan fingerprint density at radius 1 is 1.03 bits per heavy atom. The van der Waals surface area contributed by atoms with Gasteiger partial charge in [0, 0.05) is 25.8 Å². The molecule has 1 atom stereocenters. The maximum atomic E-state index is 13.5. The van der Waals surface area contributed by atoms with Gasteiger partial charge in [-0.2, -0.15) is 10.2 Å². The summed E-state index contributed by atoms with van der Waals surface area (Å²) < 4.78 is 3.09. The lowest BCUT2D eigenvalue weighted by molar-refractivity contribution is -0.124. The zero-order chi connectivity index (χ0) is 24.9. The molecular weight excluding hydrogens is 440 g/mol. The van der Waals surface area contributed by atoms with Gasteiger partial charge < -0.3 is 10.2 Å². The largest absolute Gasteiger partial charge is 0.375 e. The highest BCUT2D eigenvalue weighted by atomic mass is 16.2. The molecule has 0 saturated heterocycles. The third kappa shape index (κ3) is 4.96. The summed E-state index contributed by atoms with van der Waals surface area (Å²) in [7, 11) is 2.03. The summed E-state index contributed by atoms with van der Waals surface area (Å²) in [5.74, 6) is -0.198. The summed E-state index contributed by atoms with van der Waals surface area (Å²) in [4.78, 5) is 28.7. The second-order valence-electron chi connectivity index (χ2n) is 8.72. The first-order valence-electron chi connectivity index (χ1n) is 12.0. The molecular formula is C27H32N6O2. The van der Waals surface area contributed by atoms with Crippen molar-refractivity contribution < 1.29 is 4.79 Å². The maximum absolute atomic E-state index is 13.5. The Labute approximate surface area is 205 Å². The van der Waals surface area contributed by atoms with Crippen LogP contribution >= 0.6 is 0 Å². The van der Waals surface area contributed by atoms with E-state index in [1.165, 1.54) is 4.68 Å². The van der Waals surface area contributed by atoms with Gasteiger partial charge in [0.15, 0.2) is 0 Å². The molecule has 1 N–H and O–H groups in total. The Morgan fingerprint density at radius 2 is 1.69 bits per heavy atom. The normalized spacial score (nSPS) is 12.0. The van der Waals surface area contributed by atoms with Crippen LogP contribution in [0.1, 0.15) is 37.2 Å². The molecule has 0 radical (unpaired) electrons. The first-order chi connectivity index (χ1) is 16.9. The van der Waals surface area contributed by atoms with E-state index in [0.29, 0.717) is 29.6 Å². The second-order valence-corrected chi connectivity index (χ2v) is 8.72. The van der Waals surface area contributed by atoms with Crippen molar-refractivity contribution in [3.8, 4) is 5.69 Å². The summed E-state index contributed by atoms with van der Waals surface area (Å²) in [6.07, 6.45) is 1.25. The predicted octanol–water partition coefficient (Wildman–Crippen LogP) is 3.79. The van der Waals surface area contributed by atoms with E-state index in [0.717, 1.165) is 30.0 Å². The molecule has 35 heavy (non-hydrogen) atoms. The van der Waals surface area contributed by atoms with E-state index in [1.807, 2.05) is 76.3 Å². The van der Waals surface area contributed by atoms with Crippen molar-refractivity contribution in [1.29, 1.82) is 0 Å². The summed E-state index contributed by atoms with van der Waals surface area (Å²) in [5.41, 5.74) is 3.62. The summed E-state index contributed by atoms with van der Waals surface area (Å²) in [6.45, 7) is 6.92. The standard InChI is InChI=1S/C27H32N6O2/c1-5-23(26(34)28-17-12-18-31(4)21-13-8-6-9-14-21)33-27(35)24-20(3)32(22-15-10-7-11-16-22)30-25(24)19(2)29-33/h6-11,13-16,23H,5,12,17-18H2,1-4H3,(H,28,34)/t23-/m1/s1. The Balaban J connectivity index is 1.52. The minimum atomic E-state index is -0.683. The number of aryl methyl sites for hydroxylation is 2. The SMILES string of the molecule is CC[C@H](C(=O)NCCCN(C)c1ccccc1)n1nc(C)c2nn(-c3ccccc3)c(C)c2c1=O. The van der Waals surface area contributed by atoms with Crippen molar-refractivity contribution in [1.82, 2.24) is 24.9 Å². The molecule has 8 nitrogen and oxygen atoms in total. The lowest BCUT2D eigenvalue weighted by Gasteiger charge is -2.20. The van der Waals surface area contributed by atoms with Gasteiger partial charge in [-0.25, -0.2) is 9.36 Å². The van der Waals surface area contributed by atoms with Crippen LogP contribution in [0.25, 0.3) is 16.6 Å². The molecule has 0 fully saturated rings. The number of hydrogen-bond donors (Lipinski definition) is 1. The Morgan fingerprint density at radius 3 is 2.34 bits per heavy atom. The van der Waals surface area contributed by atoms with E-state index in [9.17, 15) is 9.59 Å². The van der Waals surface area contributed by atoms with Crippen LogP contribution in [0.4, 0.5) is 5.69 Å². The maximum Gasteiger partial charge on any atom is 0.278 e. The highest BCUT2D eigenvalue weighted by Crippen LogP contribution is 2.21. The number of aromatic nitrogens is 4. The average molecular weight is 473 g/mol. The summed E-state index contributed by atoms with van der Waals surface area (Å²) in [5, 5.41) is 12.6. The molecule has 2 heterocycles. The van der Waals surface area contributed by atoms with Crippen LogP contribution in [-0.2, 0) is 4.79 Å². The Hall–Kier alpha value is -3.94. The second kappa shape index (κ2) is 10.5. The molecule has 1 amide bonds. The third-order valence-corrected chi connectivity index (χ3v) is 6.29. The monoisotopic (exact) mass is 472 g/mol. The molecule has 182 valence electrons. The Kier molecular flexibility index (Phi) is 7.29. The van der Waals surface area contributed by atoms with Crippen molar-refractivity contribution in [2.24, 2.45) is 0 Å². The van der Waals surface area contributed by atoms with Gasteiger partial charge in [-0.3, -0.25) is 9.59 Å². The number of fused-ring (bicyclic) bond motifs is 1. The molecule has 0 aliphatic rings. The fraction of sp³-hybridized carbons (Fsp3) is 0.333. The number of rotatable bonds is 9. The number of carbonyl (C=O) groups is 1. The molecule has 0 unspecified atom stereocenters. The minimum absolute atomic E-state index is 0.198. The first kappa shape index (κ1) is 24.2. The molecule has 0 spiro atoms. The molecule has 4 aromatic rings. The number of benzene rings is 2. The van der Waals surface area contributed by atoms with Crippen LogP contribution < -0.4 is 15.8 Å². The molecule has 4 rings (SSSR count). The van der Waals surface area contributed by atoms with E-state index < -0.39 is 6.04 Å². The molecule has 8 heteroatoms. The van der Waals surface area contributed by atoms with Crippen molar-refractivity contribution >= 4 is 22.5 Å². The van der Waals surface area contributed by atoms with Gasteiger partial charge >= 0.3 is 0 Å². The highest BCUT2D eigenvalue weighted by molar-refractivity contribution is 5.84. The lowest BCUT2D eigenvalue weighted by atomic mass is 10.2. The number of para-hydroxylation sites is 2. The van der Waals surface area contributed by atoms with E-state index in [-0.39, 0.29) is 11.5 Å². The van der Waals surface area contributed by atoms with Crippen LogP contribution in [0, 0.1) is 13.8 Å². The van der Waals surface area contributed by atoms with Gasteiger partial charge in [-0.1, -0.05) is 43.3 Å². The van der Waals surface area contributed by atoms with Crippen LogP contribution in [0.5, 0.6) is 0 Å². The minimum Gasteiger partial charge on any atom is -0.375 e. The Bertz CT molecular complexity index is 1360. The fourth-order valence-electron chi connectivity index (χ4n) is 4.34. The van der Waals surface area contributed by atoms with Crippen molar-refractivity contribution in [2.75, 3.05) is 25.0 Å². The quantitative estimate of drug-likeness (QED) is 0.375. The average Bonchev–Trinajstić information content (AvgIpc) is 3.24. The lowest BCUT2D eigenvalue weighted by Crippen LogP contribution is -2.39. The highest BCUT2D eigenvalue weighted by Gasteiger charge is 2.25. The van der Waals surface area contributed by atoms with Crippen LogP contribution in [0.2, 0.25) is 0 Å². The number of carbonyl (C=O) groups excluding carboxylic acids is 1. The first-order valence-corrected chi connectivity index (χ1v) is 12.0. The predicted molar refractivity (Wildman–Crippen MR) is 139 cm³/mol. The van der Waals surface area contributed by atoms with Gasteiger partial charge in [-0.15, -0.1) is 0 Å². The molecule has 2 aromatic heterocycles. The van der Waals surface area contributed by atoms with E-state index in [2.05, 4.69) is 32.5 Å². The van der Waals surface area contributed by atoms with Gasteiger partial charge in [0.05, 0.1) is 22.5 Å². The molecule has 0 aliphatic heterocycles. The van der Waals surface area contributed by atoms with Gasteiger partial charge in [-0.05, 0) is 51.0 Å². The number of anilines is 1. The van der Waals surface area contributed by atoms with E-state index in [4.69, 9.17) is 0 Å². The van der Waals surface area contributed by atoms with Gasteiger partial charge in [0.1, 0.15) is 11.6 Å². The summed E-state index contributed by atoms with van der Waals surface area (Å²) >= 11 is 0. The molecule has 0 saturated carbocycles. The third-order valence-electron chi connectivity index (χ3n) is 6.29. The van der Waals surface area contributed by atoms with Crippen LogP contribution in [-0.4, -0.2) is 45.6 Å². The van der Waals surface area contributed by atoms with Crippen molar-refractivity contribution in [3.05, 3.63) is 82.4 Å². The number of nitrogens with zero attached hydrogens (tertiary/aromatic N) is 5. The number of hydrogen-bond acceptors (Lipinski definition) is 5. The topological polar surface area (TPSA) is 85.1 Å². The zero-order valence-electron chi connectivity index (χ0n) is 20.7. The van der Waals surface area contributed by atoms with Gasteiger partial charge in [0.2, 0.25) is 5.91 Å². The van der Waals surface area contributed by atoms with E-state index >= 15 is 0 Å². The van der Waals surface area contributed by atoms with Crippen LogP contribution in [0.3, 0.4) is 0 Å². The summed E-state index contributed by atoms with van der Waals surface area (Å²) in [6, 6.07) is 19.1. The zero-order valence-corrected chi connectivity index (χ0v) is 20.7. The van der Waals surface area contributed by atoms with Crippen LogP contribution in [0.15, 0.2) is 65.5 Å². The molecule has 0 bridgehead atoms. The number of nitrogens with one attached hydrogen (secondary N) is 1. The van der Waals surface area contributed by atoms with Crippen molar-refractivity contribution in [2.45, 2.75) is 39.7 Å². The van der Waals surface area contributed by atoms with E-state index in [1.54, 1.807) is 4.68 Å². The smallest absolute Gasteiger partial charge is 0.278 e. The van der Waals surface area contributed by atoms with Crippen molar-refractivity contribution in [3.63, 3.8) is 0 Å².